The third-order valence-corrected chi connectivity index (χ3v) is 2.21. The maximum Gasteiger partial charge on any atom is 0.0467 e. The van der Waals surface area contributed by atoms with Crippen molar-refractivity contribution in [3.05, 3.63) is 12.2 Å². The molecule has 0 aromatic carbocycles. The first-order chi connectivity index (χ1) is 6.95. The predicted molar refractivity (Wildman–Crippen MR) is 67.2 cm³/mol. The molecule has 0 spiro atoms. The summed E-state index contributed by atoms with van der Waals surface area (Å²) in [6.07, 6.45) is 6.76. The Morgan fingerprint density at radius 3 is 2.53 bits per heavy atom. The molecule has 1 unspecified atom stereocenters. The van der Waals surface area contributed by atoms with Gasteiger partial charge in [0.05, 0.1) is 0 Å². The summed E-state index contributed by atoms with van der Waals surface area (Å²) in [4.78, 5) is 0. The van der Waals surface area contributed by atoms with Crippen LogP contribution in [0.4, 0.5) is 0 Å². The van der Waals surface area contributed by atoms with Gasteiger partial charge in [-0.05, 0) is 46.1 Å². The molecule has 0 aromatic heterocycles. The first kappa shape index (κ1) is 14.7. The van der Waals surface area contributed by atoms with Crippen molar-refractivity contribution in [3.8, 4) is 0 Å². The monoisotopic (exact) mass is 213 g/mol. The number of hydrogen-bond donors (Lipinski definition) is 1. The highest BCUT2D eigenvalue weighted by Crippen LogP contribution is 2.04. The van der Waals surface area contributed by atoms with E-state index >= 15 is 0 Å². The standard InChI is InChI=1S/C13H27NO/c1-12(9-11-15-5)8-6-7-10-14-13(2,3)4/h6,8,12,14H,7,9-11H2,1-5H3/b8-6+. The Bertz CT molecular complexity index is 170. The van der Waals surface area contributed by atoms with Crippen molar-refractivity contribution >= 4 is 0 Å². The lowest BCUT2D eigenvalue weighted by molar-refractivity contribution is 0.186. The Morgan fingerprint density at radius 1 is 1.33 bits per heavy atom. The SMILES string of the molecule is COCCC(C)/C=C/CCNC(C)(C)C. The van der Waals surface area contributed by atoms with Crippen LogP contribution in [0.3, 0.4) is 0 Å². The average Bonchev–Trinajstić information content (AvgIpc) is 2.12. The second-order valence-electron chi connectivity index (χ2n) is 5.15. The molecule has 2 nitrogen and oxygen atoms in total. The molecule has 0 rings (SSSR count). The molecule has 0 amide bonds. The molecule has 2 heteroatoms. The van der Waals surface area contributed by atoms with Gasteiger partial charge in [-0.1, -0.05) is 19.1 Å². The Hall–Kier alpha value is -0.340. The van der Waals surface area contributed by atoms with Gasteiger partial charge in [0, 0.05) is 19.3 Å². The zero-order chi connectivity index (χ0) is 11.7. The zero-order valence-electron chi connectivity index (χ0n) is 11.0. The largest absolute Gasteiger partial charge is 0.385 e. The molecule has 0 saturated heterocycles. The Balaban J connectivity index is 3.45. The highest BCUT2D eigenvalue weighted by molar-refractivity contribution is 4.87. The Kier molecular flexibility index (Phi) is 7.71. The molecule has 0 radical (unpaired) electrons. The molecule has 0 bridgehead atoms. The van der Waals surface area contributed by atoms with Crippen molar-refractivity contribution in [1.29, 1.82) is 0 Å². The van der Waals surface area contributed by atoms with Crippen LogP contribution in [0.5, 0.6) is 0 Å². The van der Waals surface area contributed by atoms with Gasteiger partial charge in [0.2, 0.25) is 0 Å². The Labute approximate surface area is 95.1 Å². The van der Waals surface area contributed by atoms with Crippen molar-refractivity contribution < 1.29 is 4.74 Å². The molecule has 0 aliphatic heterocycles. The molecule has 0 aliphatic carbocycles. The molecule has 15 heavy (non-hydrogen) atoms. The first-order valence-electron chi connectivity index (χ1n) is 5.86. The second kappa shape index (κ2) is 7.89. The molecule has 0 saturated carbocycles. The fraction of sp³-hybridized carbons (Fsp3) is 0.846. The van der Waals surface area contributed by atoms with Crippen LogP contribution in [-0.2, 0) is 4.74 Å². The summed E-state index contributed by atoms with van der Waals surface area (Å²) in [6, 6.07) is 0. The van der Waals surface area contributed by atoms with Gasteiger partial charge < -0.3 is 10.1 Å². The lowest BCUT2D eigenvalue weighted by atomic mass is 10.1. The van der Waals surface area contributed by atoms with E-state index in [0.717, 1.165) is 26.0 Å². The summed E-state index contributed by atoms with van der Waals surface area (Å²) in [6.45, 7) is 10.7. The number of nitrogens with one attached hydrogen (secondary N) is 1. The van der Waals surface area contributed by atoms with Gasteiger partial charge >= 0.3 is 0 Å². The molecule has 1 N–H and O–H groups in total. The average molecular weight is 213 g/mol. The van der Waals surface area contributed by atoms with E-state index in [9.17, 15) is 0 Å². The van der Waals surface area contributed by atoms with Crippen molar-refractivity contribution in [2.75, 3.05) is 20.3 Å². The maximum absolute atomic E-state index is 5.04. The van der Waals surface area contributed by atoms with E-state index in [2.05, 4.69) is 45.2 Å². The first-order valence-corrected chi connectivity index (χ1v) is 5.86. The summed E-state index contributed by atoms with van der Waals surface area (Å²) in [5, 5.41) is 3.46. The third-order valence-electron chi connectivity index (χ3n) is 2.21. The molecule has 0 fully saturated rings. The number of hydrogen-bond acceptors (Lipinski definition) is 2. The summed E-state index contributed by atoms with van der Waals surface area (Å²) in [7, 11) is 1.75. The van der Waals surface area contributed by atoms with E-state index in [1.54, 1.807) is 7.11 Å². The quantitative estimate of drug-likeness (QED) is 0.518. The van der Waals surface area contributed by atoms with Gasteiger partial charge in [-0.25, -0.2) is 0 Å². The minimum absolute atomic E-state index is 0.232. The van der Waals surface area contributed by atoms with Crippen LogP contribution in [0.1, 0.15) is 40.5 Å². The lowest BCUT2D eigenvalue weighted by Gasteiger charge is -2.19. The number of methoxy groups -OCH3 is 1. The van der Waals surface area contributed by atoms with E-state index in [-0.39, 0.29) is 5.54 Å². The summed E-state index contributed by atoms with van der Waals surface area (Å²) in [5.74, 6) is 0.625. The van der Waals surface area contributed by atoms with Gasteiger partial charge in [0.1, 0.15) is 0 Å². The molecule has 0 aliphatic rings. The van der Waals surface area contributed by atoms with Gasteiger partial charge in [-0.3, -0.25) is 0 Å². The van der Waals surface area contributed by atoms with E-state index in [1.165, 1.54) is 0 Å². The van der Waals surface area contributed by atoms with Crippen LogP contribution < -0.4 is 5.32 Å². The van der Waals surface area contributed by atoms with Crippen molar-refractivity contribution in [3.63, 3.8) is 0 Å². The molecule has 1 atom stereocenters. The zero-order valence-corrected chi connectivity index (χ0v) is 11.0. The molecule has 0 heterocycles. The van der Waals surface area contributed by atoms with E-state index in [4.69, 9.17) is 4.74 Å². The predicted octanol–water partition coefficient (Wildman–Crippen LogP) is 2.99. The second-order valence-corrected chi connectivity index (χ2v) is 5.15. The van der Waals surface area contributed by atoms with E-state index < -0.39 is 0 Å². The van der Waals surface area contributed by atoms with Gasteiger partial charge in [-0.15, -0.1) is 0 Å². The highest BCUT2D eigenvalue weighted by Gasteiger charge is 2.06. The van der Waals surface area contributed by atoms with Gasteiger partial charge in [-0.2, -0.15) is 0 Å². The molecular formula is C13H27NO. The topological polar surface area (TPSA) is 21.3 Å². The van der Waals surface area contributed by atoms with Crippen LogP contribution in [0.2, 0.25) is 0 Å². The van der Waals surface area contributed by atoms with Crippen LogP contribution in [-0.4, -0.2) is 25.8 Å². The number of rotatable bonds is 7. The van der Waals surface area contributed by atoms with Gasteiger partial charge in [0.25, 0.3) is 0 Å². The van der Waals surface area contributed by atoms with Crippen LogP contribution in [0.25, 0.3) is 0 Å². The Morgan fingerprint density at radius 2 is 2.00 bits per heavy atom. The molecule has 90 valence electrons. The lowest BCUT2D eigenvalue weighted by Crippen LogP contribution is -2.36. The summed E-state index contributed by atoms with van der Waals surface area (Å²) >= 11 is 0. The maximum atomic E-state index is 5.04. The smallest absolute Gasteiger partial charge is 0.0467 e. The summed E-state index contributed by atoms with van der Waals surface area (Å²) < 4.78 is 5.04. The van der Waals surface area contributed by atoms with Crippen molar-refractivity contribution in [1.82, 2.24) is 5.32 Å². The fourth-order valence-corrected chi connectivity index (χ4v) is 1.26. The fourth-order valence-electron chi connectivity index (χ4n) is 1.26. The minimum atomic E-state index is 0.232. The minimum Gasteiger partial charge on any atom is -0.385 e. The third kappa shape index (κ3) is 11.6. The van der Waals surface area contributed by atoms with Crippen molar-refractivity contribution in [2.24, 2.45) is 5.92 Å². The normalized spacial score (nSPS) is 14.7. The van der Waals surface area contributed by atoms with Crippen LogP contribution >= 0.6 is 0 Å². The van der Waals surface area contributed by atoms with Crippen LogP contribution in [0, 0.1) is 5.92 Å². The highest BCUT2D eigenvalue weighted by atomic mass is 16.5. The van der Waals surface area contributed by atoms with Gasteiger partial charge in [0.15, 0.2) is 0 Å². The summed E-state index contributed by atoms with van der Waals surface area (Å²) in [5.41, 5.74) is 0.232. The van der Waals surface area contributed by atoms with Crippen molar-refractivity contribution in [2.45, 2.75) is 46.1 Å². The number of ether oxygens (including phenoxy) is 1. The van der Waals surface area contributed by atoms with Crippen LogP contribution in [0.15, 0.2) is 12.2 Å². The van der Waals surface area contributed by atoms with E-state index in [0.29, 0.717) is 5.92 Å². The van der Waals surface area contributed by atoms with E-state index in [1.807, 2.05) is 0 Å². The molecular weight excluding hydrogens is 186 g/mol. The number of allylic oxidation sites excluding steroid dienone is 1. The molecule has 0 aromatic rings.